The summed E-state index contributed by atoms with van der Waals surface area (Å²) < 4.78 is 1.86. The molecule has 0 atom stereocenters. The number of carbonyl (C=O) groups is 1. The van der Waals surface area contributed by atoms with Crippen molar-refractivity contribution >= 4 is 6.03 Å². The summed E-state index contributed by atoms with van der Waals surface area (Å²) in [5.74, 6) is 2.56. The lowest BCUT2D eigenvalue weighted by Crippen LogP contribution is -2.61. The minimum absolute atomic E-state index is 0.0789. The van der Waals surface area contributed by atoms with E-state index in [1.807, 2.05) is 36.8 Å². The Labute approximate surface area is 138 Å². The molecule has 0 radical (unpaired) electrons. The zero-order valence-corrected chi connectivity index (χ0v) is 14.5. The zero-order chi connectivity index (χ0) is 16.2. The fourth-order valence-electron chi connectivity index (χ4n) is 5.61. The van der Waals surface area contributed by atoms with Gasteiger partial charge in [0.25, 0.3) is 0 Å². The number of hydrogen-bond acceptors (Lipinski definition) is 2. The molecule has 5 heteroatoms. The maximum absolute atomic E-state index is 12.7. The SMILES string of the molecule is Cc1c(CN(C)C(=O)NC23CC4CC(CC(C4)C2)C3)cnn1C. The van der Waals surface area contributed by atoms with E-state index in [1.54, 1.807) is 0 Å². The molecule has 126 valence electrons. The number of rotatable bonds is 3. The number of hydrogen-bond donors (Lipinski definition) is 1. The maximum atomic E-state index is 12.7. The highest BCUT2D eigenvalue weighted by atomic mass is 16.2. The van der Waals surface area contributed by atoms with Crippen molar-refractivity contribution < 1.29 is 4.79 Å². The fourth-order valence-corrected chi connectivity index (χ4v) is 5.61. The number of aryl methyl sites for hydroxylation is 1. The van der Waals surface area contributed by atoms with Gasteiger partial charge in [0.15, 0.2) is 0 Å². The van der Waals surface area contributed by atoms with Crippen LogP contribution in [-0.2, 0) is 13.6 Å². The van der Waals surface area contributed by atoms with Gasteiger partial charge in [0.05, 0.1) is 12.7 Å². The lowest BCUT2D eigenvalue weighted by molar-refractivity contribution is -0.0154. The average molecular weight is 316 g/mol. The van der Waals surface area contributed by atoms with Crippen molar-refractivity contribution in [2.24, 2.45) is 24.8 Å². The molecule has 4 fully saturated rings. The molecule has 5 rings (SSSR count). The van der Waals surface area contributed by atoms with Crippen LogP contribution >= 0.6 is 0 Å². The monoisotopic (exact) mass is 316 g/mol. The quantitative estimate of drug-likeness (QED) is 0.932. The molecule has 4 aliphatic rings. The van der Waals surface area contributed by atoms with Gasteiger partial charge in [-0.2, -0.15) is 5.10 Å². The van der Waals surface area contributed by atoms with E-state index >= 15 is 0 Å². The fraction of sp³-hybridized carbons (Fsp3) is 0.778. The third kappa shape index (κ3) is 2.64. The molecule has 2 amide bonds. The standard InChI is InChI=1S/C18H28N4O/c1-12-16(10-19-22(12)3)11-21(2)17(23)20-18-7-13-4-14(8-18)6-15(5-13)9-18/h10,13-15H,4-9,11H2,1-3H3,(H,20,23). The molecule has 1 N–H and O–H groups in total. The van der Waals surface area contributed by atoms with Crippen molar-refractivity contribution in [1.82, 2.24) is 20.0 Å². The Balaban J connectivity index is 1.42. The molecule has 0 aliphatic heterocycles. The van der Waals surface area contributed by atoms with Gasteiger partial charge in [-0.3, -0.25) is 4.68 Å². The van der Waals surface area contributed by atoms with E-state index in [2.05, 4.69) is 10.4 Å². The van der Waals surface area contributed by atoms with Crippen LogP contribution in [0, 0.1) is 24.7 Å². The molecule has 4 aliphatic carbocycles. The summed E-state index contributed by atoms with van der Waals surface area (Å²) >= 11 is 0. The highest BCUT2D eigenvalue weighted by Crippen LogP contribution is 2.55. The van der Waals surface area contributed by atoms with Gasteiger partial charge >= 0.3 is 6.03 Å². The maximum Gasteiger partial charge on any atom is 0.317 e. The van der Waals surface area contributed by atoms with E-state index in [1.165, 1.54) is 38.5 Å². The first kappa shape index (κ1) is 15.0. The van der Waals surface area contributed by atoms with Gasteiger partial charge in [-0.15, -0.1) is 0 Å². The van der Waals surface area contributed by atoms with Crippen LogP contribution in [0.15, 0.2) is 6.20 Å². The smallest absolute Gasteiger partial charge is 0.317 e. The average Bonchev–Trinajstić information content (AvgIpc) is 2.77. The van der Waals surface area contributed by atoms with Gasteiger partial charge in [-0.05, 0) is 63.2 Å². The second-order valence-corrected chi connectivity index (χ2v) is 8.36. The van der Waals surface area contributed by atoms with E-state index in [9.17, 15) is 4.79 Å². The second-order valence-electron chi connectivity index (χ2n) is 8.36. The zero-order valence-electron chi connectivity index (χ0n) is 14.5. The Bertz CT molecular complexity index is 585. The van der Waals surface area contributed by atoms with Crippen LogP contribution in [0.4, 0.5) is 4.79 Å². The third-order valence-electron chi connectivity index (χ3n) is 6.50. The van der Waals surface area contributed by atoms with E-state index in [0.717, 1.165) is 29.0 Å². The summed E-state index contributed by atoms with van der Waals surface area (Å²) in [6.45, 7) is 2.67. The van der Waals surface area contributed by atoms with Crippen molar-refractivity contribution in [3.05, 3.63) is 17.5 Å². The van der Waals surface area contributed by atoms with Crippen LogP contribution in [-0.4, -0.2) is 33.3 Å². The van der Waals surface area contributed by atoms with E-state index in [-0.39, 0.29) is 11.6 Å². The number of nitrogens with zero attached hydrogens (tertiary/aromatic N) is 3. The van der Waals surface area contributed by atoms with Gasteiger partial charge in [0, 0.05) is 30.9 Å². The first-order valence-corrected chi connectivity index (χ1v) is 8.95. The summed E-state index contributed by atoms with van der Waals surface area (Å²) in [6.07, 6.45) is 9.67. The molecule has 23 heavy (non-hydrogen) atoms. The van der Waals surface area contributed by atoms with Crippen molar-refractivity contribution in [3.8, 4) is 0 Å². The van der Waals surface area contributed by atoms with Crippen LogP contribution in [0.25, 0.3) is 0 Å². The van der Waals surface area contributed by atoms with Gasteiger partial charge in [0.2, 0.25) is 0 Å². The molecule has 0 spiro atoms. The molecule has 0 unspecified atom stereocenters. The normalized spacial score (nSPS) is 34.7. The highest BCUT2D eigenvalue weighted by molar-refractivity contribution is 5.75. The van der Waals surface area contributed by atoms with Gasteiger partial charge < -0.3 is 10.2 Å². The number of urea groups is 1. The predicted molar refractivity (Wildman–Crippen MR) is 88.8 cm³/mol. The number of carbonyl (C=O) groups excluding carboxylic acids is 1. The third-order valence-corrected chi connectivity index (χ3v) is 6.50. The van der Waals surface area contributed by atoms with E-state index < -0.39 is 0 Å². The van der Waals surface area contributed by atoms with Gasteiger partial charge in [0.1, 0.15) is 0 Å². The molecule has 4 saturated carbocycles. The summed E-state index contributed by atoms with van der Waals surface area (Å²) in [5.41, 5.74) is 2.33. The molecule has 1 aromatic rings. The van der Waals surface area contributed by atoms with Crippen LogP contribution in [0.2, 0.25) is 0 Å². The van der Waals surface area contributed by atoms with E-state index in [4.69, 9.17) is 0 Å². The van der Waals surface area contributed by atoms with Crippen molar-refractivity contribution in [2.75, 3.05) is 7.05 Å². The van der Waals surface area contributed by atoms with Gasteiger partial charge in [-0.1, -0.05) is 0 Å². The van der Waals surface area contributed by atoms with Crippen molar-refractivity contribution in [1.29, 1.82) is 0 Å². The van der Waals surface area contributed by atoms with Gasteiger partial charge in [-0.25, -0.2) is 4.79 Å². The minimum atomic E-state index is 0.0789. The van der Waals surface area contributed by atoms with Crippen molar-refractivity contribution in [3.63, 3.8) is 0 Å². The van der Waals surface area contributed by atoms with Crippen LogP contribution < -0.4 is 5.32 Å². The Morgan fingerprint density at radius 2 is 1.87 bits per heavy atom. The summed E-state index contributed by atoms with van der Waals surface area (Å²) in [7, 11) is 3.83. The molecular weight excluding hydrogens is 288 g/mol. The Kier molecular flexibility index (Phi) is 3.43. The largest absolute Gasteiger partial charge is 0.333 e. The minimum Gasteiger partial charge on any atom is -0.333 e. The predicted octanol–water partition coefficient (Wildman–Crippen LogP) is 2.84. The number of nitrogens with one attached hydrogen (secondary N) is 1. The Hall–Kier alpha value is -1.52. The Morgan fingerprint density at radius 3 is 2.35 bits per heavy atom. The Morgan fingerprint density at radius 1 is 1.30 bits per heavy atom. The topological polar surface area (TPSA) is 50.2 Å². The second kappa shape index (κ2) is 5.25. The number of aromatic nitrogens is 2. The molecular formula is C18H28N4O. The highest BCUT2D eigenvalue weighted by Gasteiger charge is 2.51. The molecule has 0 aromatic carbocycles. The molecule has 0 saturated heterocycles. The summed E-state index contributed by atoms with van der Waals surface area (Å²) in [6, 6.07) is 0.0789. The molecule has 4 bridgehead atoms. The lowest BCUT2D eigenvalue weighted by Gasteiger charge is -2.57. The first-order chi connectivity index (χ1) is 10.9. The molecule has 1 heterocycles. The first-order valence-electron chi connectivity index (χ1n) is 8.95. The molecule has 1 aromatic heterocycles. The van der Waals surface area contributed by atoms with Crippen LogP contribution in [0.3, 0.4) is 0 Å². The summed E-state index contributed by atoms with van der Waals surface area (Å²) in [5, 5.41) is 7.70. The van der Waals surface area contributed by atoms with Crippen LogP contribution in [0.1, 0.15) is 49.8 Å². The van der Waals surface area contributed by atoms with Crippen LogP contribution in [0.5, 0.6) is 0 Å². The van der Waals surface area contributed by atoms with E-state index in [0.29, 0.717) is 6.54 Å². The number of amides is 2. The summed E-state index contributed by atoms with van der Waals surface area (Å²) in [4.78, 5) is 14.5. The van der Waals surface area contributed by atoms with Crippen molar-refractivity contribution in [2.45, 2.75) is 57.5 Å². The molecule has 5 nitrogen and oxygen atoms in total. The lowest BCUT2D eigenvalue weighted by atomic mass is 9.53.